The highest BCUT2D eigenvalue weighted by atomic mass is 127. The molecule has 29 heavy (non-hydrogen) atoms. The van der Waals surface area contributed by atoms with Gasteiger partial charge >= 0.3 is 0 Å². The molecule has 0 saturated carbocycles. The molecule has 0 atom stereocenters. The van der Waals surface area contributed by atoms with E-state index in [0.29, 0.717) is 23.8 Å². The SMILES string of the molecule is CCNC(=NCc1cc(OC)c(OC)c(OC)c1)NCc1ccccc1CC.I. The van der Waals surface area contributed by atoms with Crippen molar-refractivity contribution in [2.24, 2.45) is 4.99 Å². The molecule has 2 rings (SSSR count). The van der Waals surface area contributed by atoms with Crippen LogP contribution in [-0.2, 0) is 19.5 Å². The molecule has 0 heterocycles. The monoisotopic (exact) mass is 513 g/mol. The number of aryl methyl sites for hydroxylation is 1. The molecule has 0 aliphatic heterocycles. The van der Waals surface area contributed by atoms with Crippen molar-refractivity contribution in [1.29, 1.82) is 0 Å². The second kappa shape index (κ2) is 13.1. The van der Waals surface area contributed by atoms with Gasteiger partial charge in [-0.1, -0.05) is 31.2 Å². The number of halogens is 1. The fraction of sp³-hybridized carbons (Fsp3) is 0.409. The minimum absolute atomic E-state index is 0. The summed E-state index contributed by atoms with van der Waals surface area (Å²) in [5.74, 6) is 2.60. The molecule has 0 aromatic heterocycles. The van der Waals surface area contributed by atoms with Crippen molar-refractivity contribution >= 4 is 29.9 Å². The zero-order valence-electron chi connectivity index (χ0n) is 17.9. The standard InChI is InChI=1S/C22H31N3O3.HI/c1-6-17-10-8-9-11-18(17)15-25-22(23-7-2)24-14-16-12-19(26-3)21(28-5)20(13-16)27-4;/h8-13H,6-7,14-15H2,1-5H3,(H2,23,24,25);1H. The van der Waals surface area contributed by atoms with Crippen molar-refractivity contribution in [2.75, 3.05) is 27.9 Å². The summed E-state index contributed by atoms with van der Waals surface area (Å²) in [6, 6.07) is 12.3. The maximum Gasteiger partial charge on any atom is 0.203 e. The highest BCUT2D eigenvalue weighted by Crippen LogP contribution is 2.38. The molecular weight excluding hydrogens is 481 g/mol. The van der Waals surface area contributed by atoms with E-state index in [9.17, 15) is 0 Å². The number of hydrogen-bond donors (Lipinski definition) is 2. The molecule has 7 heteroatoms. The number of nitrogens with zero attached hydrogens (tertiary/aromatic N) is 1. The van der Waals surface area contributed by atoms with Gasteiger partial charge in [-0.3, -0.25) is 0 Å². The molecule has 0 fully saturated rings. The highest BCUT2D eigenvalue weighted by molar-refractivity contribution is 14.0. The molecule has 0 aliphatic rings. The van der Waals surface area contributed by atoms with Gasteiger partial charge in [-0.05, 0) is 42.2 Å². The van der Waals surface area contributed by atoms with Crippen molar-refractivity contribution < 1.29 is 14.2 Å². The summed E-state index contributed by atoms with van der Waals surface area (Å²) in [4.78, 5) is 4.70. The lowest BCUT2D eigenvalue weighted by molar-refractivity contribution is 0.324. The predicted molar refractivity (Wildman–Crippen MR) is 129 cm³/mol. The third kappa shape index (κ3) is 6.99. The van der Waals surface area contributed by atoms with Crippen LogP contribution in [0.4, 0.5) is 0 Å². The second-order valence-corrected chi connectivity index (χ2v) is 6.20. The Kier molecular flexibility index (Phi) is 11.3. The molecule has 0 aliphatic carbocycles. The van der Waals surface area contributed by atoms with E-state index in [-0.39, 0.29) is 24.0 Å². The van der Waals surface area contributed by atoms with Crippen LogP contribution in [0, 0.1) is 0 Å². The summed E-state index contributed by atoms with van der Waals surface area (Å²) in [6.45, 7) is 6.22. The van der Waals surface area contributed by atoms with Crippen molar-refractivity contribution in [1.82, 2.24) is 10.6 Å². The number of methoxy groups -OCH3 is 3. The molecule has 2 aromatic rings. The van der Waals surface area contributed by atoms with Crippen LogP contribution in [0.2, 0.25) is 0 Å². The van der Waals surface area contributed by atoms with Crippen LogP contribution in [0.3, 0.4) is 0 Å². The maximum absolute atomic E-state index is 5.42. The Labute approximate surface area is 191 Å². The third-order valence-corrected chi connectivity index (χ3v) is 4.43. The topological polar surface area (TPSA) is 64.1 Å². The first-order valence-electron chi connectivity index (χ1n) is 9.54. The molecule has 0 saturated heterocycles. The molecule has 0 amide bonds. The number of hydrogen-bond acceptors (Lipinski definition) is 4. The molecule has 160 valence electrons. The van der Waals surface area contributed by atoms with Gasteiger partial charge in [0.1, 0.15) is 0 Å². The maximum atomic E-state index is 5.42. The van der Waals surface area contributed by atoms with Gasteiger partial charge in [0, 0.05) is 13.1 Å². The molecule has 6 nitrogen and oxygen atoms in total. The lowest BCUT2D eigenvalue weighted by Gasteiger charge is -2.15. The van der Waals surface area contributed by atoms with Crippen LogP contribution in [0.25, 0.3) is 0 Å². The molecule has 2 aromatic carbocycles. The average molecular weight is 513 g/mol. The number of rotatable bonds is 9. The zero-order chi connectivity index (χ0) is 20.4. The normalized spacial score (nSPS) is 10.7. The number of benzene rings is 2. The van der Waals surface area contributed by atoms with Crippen LogP contribution >= 0.6 is 24.0 Å². The molecule has 0 spiro atoms. The fourth-order valence-corrected chi connectivity index (χ4v) is 2.99. The fourth-order valence-electron chi connectivity index (χ4n) is 2.99. The van der Waals surface area contributed by atoms with Crippen molar-refractivity contribution in [3.8, 4) is 17.2 Å². The number of aliphatic imine (C=N–C) groups is 1. The first-order valence-corrected chi connectivity index (χ1v) is 9.54. The van der Waals surface area contributed by atoms with Crippen molar-refractivity contribution in [3.05, 3.63) is 53.1 Å². The van der Waals surface area contributed by atoms with Gasteiger partial charge in [-0.15, -0.1) is 24.0 Å². The Morgan fingerprint density at radius 3 is 2.03 bits per heavy atom. The quantitative estimate of drug-likeness (QED) is 0.300. The Balaban J connectivity index is 0.00000420. The Bertz CT molecular complexity index is 772. The van der Waals surface area contributed by atoms with E-state index in [4.69, 9.17) is 19.2 Å². The second-order valence-electron chi connectivity index (χ2n) is 6.20. The summed E-state index contributed by atoms with van der Waals surface area (Å²) in [7, 11) is 4.82. The summed E-state index contributed by atoms with van der Waals surface area (Å²) < 4.78 is 16.2. The smallest absolute Gasteiger partial charge is 0.203 e. The Morgan fingerprint density at radius 2 is 1.52 bits per heavy atom. The van der Waals surface area contributed by atoms with E-state index in [1.807, 2.05) is 12.1 Å². The van der Waals surface area contributed by atoms with Gasteiger partial charge in [0.15, 0.2) is 17.5 Å². The Morgan fingerprint density at radius 1 is 0.897 bits per heavy atom. The third-order valence-electron chi connectivity index (χ3n) is 4.43. The summed E-state index contributed by atoms with van der Waals surface area (Å²) >= 11 is 0. The van der Waals surface area contributed by atoms with Crippen LogP contribution in [-0.4, -0.2) is 33.8 Å². The van der Waals surface area contributed by atoms with E-state index in [1.54, 1.807) is 21.3 Å². The number of ether oxygens (including phenoxy) is 3. The number of nitrogens with one attached hydrogen (secondary N) is 2. The van der Waals surface area contributed by atoms with E-state index < -0.39 is 0 Å². The molecule has 0 bridgehead atoms. The molecule has 0 unspecified atom stereocenters. The Hall–Kier alpha value is -2.16. The highest BCUT2D eigenvalue weighted by Gasteiger charge is 2.13. The van der Waals surface area contributed by atoms with Crippen molar-refractivity contribution in [2.45, 2.75) is 33.4 Å². The molecule has 0 radical (unpaired) electrons. The van der Waals surface area contributed by atoms with Crippen LogP contribution in [0.15, 0.2) is 41.4 Å². The summed E-state index contributed by atoms with van der Waals surface area (Å²) in [5, 5.41) is 6.71. The van der Waals surface area contributed by atoms with Crippen LogP contribution < -0.4 is 24.8 Å². The number of guanidine groups is 1. The lowest BCUT2D eigenvalue weighted by Crippen LogP contribution is -2.37. The summed E-state index contributed by atoms with van der Waals surface area (Å²) in [6.07, 6.45) is 1.01. The van der Waals surface area contributed by atoms with Gasteiger partial charge in [-0.25, -0.2) is 4.99 Å². The van der Waals surface area contributed by atoms with Gasteiger partial charge in [0.2, 0.25) is 5.75 Å². The molecular formula is C22H32IN3O3. The van der Waals surface area contributed by atoms with E-state index in [1.165, 1.54) is 11.1 Å². The van der Waals surface area contributed by atoms with Crippen LogP contribution in [0.1, 0.15) is 30.5 Å². The van der Waals surface area contributed by atoms with Gasteiger partial charge in [0.05, 0.1) is 27.9 Å². The lowest BCUT2D eigenvalue weighted by atomic mass is 10.1. The zero-order valence-corrected chi connectivity index (χ0v) is 20.2. The first kappa shape index (κ1) is 24.9. The van der Waals surface area contributed by atoms with E-state index in [0.717, 1.165) is 31.0 Å². The van der Waals surface area contributed by atoms with Crippen LogP contribution in [0.5, 0.6) is 17.2 Å². The largest absolute Gasteiger partial charge is 0.493 e. The van der Waals surface area contributed by atoms with Crippen molar-refractivity contribution in [3.63, 3.8) is 0 Å². The summed E-state index contributed by atoms with van der Waals surface area (Å²) in [5.41, 5.74) is 3.60. The average Bonchev–Trinajstić information content (AvgIpc) is 2.74. The first-order chi connectivity index (χ1) is 13.7. The van der Waals surface area contributed by atoms with Gasteiger partial charge in [-0.2, -0.15) is 0 Å². The minimum atomic E-state index is 0. The van der Waals surface area contributed by atoms with E-state index >= 15 is 0 Å². The predicted octanol–water partition coefficient (Wildman–Crippen LogP) is 4.15. The minimum Gasteiger partial charge on any atom is -0.493 e. The van der Waals surface area contributed by atoms with Gasteiger partial charge < -0.3 is 24.8 Å². The van der Waals surface area contributed by atoms with Gasteiger partial charge in [0.25, 0.3) is 0 Å². The molecule has 2 N–H and O–H groups in total. The van der Waals surface area contributed by atoms with E-state index in [2.05, 4.69) is 48.7 Å².